The molecule has 0 radical (unpaired) electrons. The zero-order valence-corrected chi connectivity index (χ0v) is 26.8. The van der Waals surface area contributed by atoms with Gasteiger partial charge in [-0.15, -0.1) is 0 Å². The van der Waals surface area contributed by atoms with Crippen molar-refractivity contribution in [2.24, 2.45) is 0 Å². The van der Waals surface area contributed by atoms with Gasteiger partial charge in [0.2, 0.25) is 0 Å². The van der Waals surface area contributed by atoms with Crippen LogP contribution < -0.4 is 0 Å². The Morgan fingerprint density at radius 1 is 0.354 bits per heavy atom. The molecular weight excluding hydrogens is 585 g/mol. The Bertz CT molecular complexity index is 2310. The molecule has 0 saturated heterocycles. The fourth-order valence-electron chi connectivity index (χ4n) is 6.06. The van der Waals surface area contributed by atoms with Gasteiger partial charge in [-0.05, 0) is 65.8 Å². The maximum absolute atomic E-state index is 5.07. The molecule has 2 heterocycles. The second kappa shape index (κ2) is 12.5. The van der Waals surface area contributed by atoms with E-state index in [2.05, 4.69) is 159 Å². The van der Waals surface area contributed by atoms with E-state index in [1.807, 2.05) is 12.3 Å². The minimum Gasteiger partial charge on any atom is -0.256 e. The summed E-state index contributed by atoms with van der Waals surface area (Å²) in [6.07, 6.45) is 1.88. The molecule has 0 N–H and O–H groups in total. The fraction of sp³-hybridized carbons (Fsp3) is 0.0455. The highest BCUT2D eigenvalue weighted by atomic mass is 15.0. The number of hydrogen-bond acceptors (Lipinski definition) is 4. The van der Waals surface area contributed by atoms with Crippen molar-refractivity contribution >= 4 is 10.8 Å². The summed E-state index contributed by atoms with van der Waals surface area (Å²) in [5.74, 6) is 1.93. The Kier molecular flexibility index (Phi) is 7.60. The van der Waals surface area contributed by atoms with Crippen LogP contribution in [0.2, 0.25) is 0 Å². The van der Waals surface area contributed by atoms with Crippen LogP contribution in [-0.2, 0) is 0 Å². The van der Waals surface area contributed by atoms with Crippen molar-refractivity contribution in [3.63, 3.8) is 0 Å². The average Bonchev–Trinajstić information content (AvgIpc) is 3.15. The summed E-state index contributed by atoms with van der Waals surface area (Å²) in [6.45, 7) is 4.17. The molecule has 0 unspecified atom stereocenters. The minimum absolute atomic E-state index is 0.631. The highest BCUT2D eigenvalue weighted by molar-refractivity contribution is 5.94. The number of benzene rings is 6. The third kappa shape index (κ3) is 5.88. The van der Waals surface area contributed by atoms with E-state index in [0.717, 1.165) is 55.6 Å². The third-order valence-electron chi connectivity index (χ3n) is 8.72. The molecule has 0 fully saturated rings. The van der Waals surface area contributed by atoms with Gasteiger partial charge in [0.1, 0.15) is 0 Å². The van der Waals surface area contributed by atoms with Crippen molar-refractivity contribution in [1.82, 2.24) is 19.9 Å². The number of aromatic nitrogens is 4. The second-order valence-electron chi connectivity index (χ2n) is 12.2. The van der Waals surface area contributed by atoms with Gasteiger partial charge in [0.05, 0.1) is 5.69 Å². The lowest BCUT2D eigenvalue weighted by Gasteiger charge is -2.13. The van der Waals surface area contributed by atoms with Gasteiger partial charge in [0.15, 0.2) is 17.5 Å². The van der Waals surface area contributed by atoms with E-state index in [1.54, 1.807) is 0 Å². The molecule has 0 aliphatic heterocycles. The van der Waals surface area contributed by atoms with Gasteiger partial charge in [-0.25, -0.2) is 15.0 Å². The standard InChI is InChI=1S/C44H32N4/c1-29-12-16-35(17-13-29)42-46-43(36-18-14-30(2)15-19-36)48-44(47-42)39-27-37(31-8-4-3-5-9-31)26-38(28-39)32-20-22-34(23-21-32)41-40-11-7-6-10-33(40)24-25-45-41/h3-28H,1-2H3. The highest BCUT2D eigenvalue weighted by Crippen LogP contribution is 2.35. The van der Waals surface area contributed by atoms with E-state index in [0.29, 0.717) is 17.5 Å². The quantitative estimate of drug-likeness (QED) is 0.186. The minimum atomic E-state index is 0.631. The van der Waals surface area contributed by atoms with E-state index in [1.165, 1.54) is 16.5 Å². The summed E-state index contributed by atoms with van der Waals surface area (Å²) >= 11 is 0. The van der Waals surface area contributed by atoms with Crippen LogP contribution in [0.5, 0.6) is 0 Å². The Morgan fingerprint density at radius 2 is 0.812 bits per heavy atom. The van der Waals surface area contributed by atoms with Crippen LogP contribution in [0.3, 0.4) is 0 Å². The monoisotopic (exact) mass is 616 g/mol. The fourth-order valence-corrected chi connectivity index (χ4v) is 6.06. The molecule has 4 heteroatoms. The smallest absolute Gasteiger partial charge is 0.164 e. The summed E-state index contributed by atoms with van der Waals surface area (Å²) in [7, 11) is 0. The molecule has 6 aromatic carbocycles. The molecular formula is C44H32N4. The van der Waals surface area contributed by atoms with Crippen molar-refractivity contribution in [2.45, 2.75) is 13.8 Å². The van der Waals surface area contributed by atoms with Crippen LogP contribution in [0.25, 0.3) is 78.4 Å². The number of hydrogen-bond donors (Lipinski definition) is 0. The number of aryl methyl sites for hydroxylation is 2. The average molecular weight is 617 g/mol. The van der Waals surface area contributed by atoms with Gasteiger partial charge in [-0.1, -0.05) is 139 Å². The molecule has 0 aliphatic carbocycles. The first-order chi connectivity index (χ1) is 23.6. The molecule has 8 rings (SSSR count). The SMILES string of the molecule is Cc1ccc(-c2nc(-c3ccc(C)cc3)nc(-c3cc(-c4ccccc4)cc(-c4ccc(-c5nccc6ccccc56)cc4)c3)n2)cc1. The molecule has 8 aromatic rings. The molecule has 0 spiro atoms. The topological polar surface area (TPSA) is 51.6 Å². The second-order valence-corrected chi connectivity index (χ2v) is 12.2. The molecule has 48 heavy (non-hydrogen) atoms. The molecule has 228 valence electrons. The van der Waals surface area contributed by atoms with E-state index < -0.39 is 0 Å². The summed E-state index contributed by atoms with van der Waals surface area (Å²) in [5.41, 5.74) is 11.7. The number of nitrogens with zero attached hydrogens (tertiary/aromatic N) is 4. The predicted octanol–water partition coefficient (Wildman–Crippen LogP) is 11.0. The molecule has 0 saturated carbocycles. The Balaban J connectivity index is 1.28. The van der Waals surface area contributed by atoms with Crippen molar-refractivity contribution in [3.8, 4) is 67.7 Å². The summed E-state index contributed by atoms with van der Waals surface area (Å²) in [6, 6.07) is 52.9. The van der Waals surface area contributed by atoms with Crippen molar-refractivity contribution < 1.29 is 0 Å². The summed E-state index contributed by atoms with van der Waals surface area (Å²) < 4.78 is 0. The van der Waals surface area contributed by atoms with Crippen LogP contribution in [-0.4, -0.2) is 19.9 Å². The predicted molar refractivity (Wildman–Crippen MR) is 197 cm³/mol. The highest BCUT2D eigenvalue weighted by Gasteiger charge is 2.15. The van der Waals surface area contributed by atoms with Crippen LogP contribution >= 0.6 is 0 Å². The van der Waals surface area contributed by atoms with Gasteiger partial charge < -0.3 is 0 Å². The first kappa shape index (κ1) is 29.2. The zero-order valence-electron chi connectivity index (χ0n) is 26.8. The van der Waals surface area contributed by atoms with Crippen LogP contribution in [0, 0.1) is 13.8 Å². The maximum Gasteiger partial charge on any atom is 0.164 e. The van der Waals surface area contributed by atoms with Crippen molar-refractivity contribution in [1.29, 1.82) is 0 Å². The van der Waals surface area contributed by atoms with E-state index in [9.17, 15) is 0 Å². The van der Waals surface area contributed by atoms with E-state index in [-0.39, 0.29) is 0 Å². The largest absolute Gasteiger partial charge is 0.256 e. The summed E-state index contributed by atoms with van der Waals surface area (Å²) in [5, 5.41) is 2.32. The Labute approximate surface area is 280 Å². The lowest BCUT2D eigenvalue weighted by Crippen LogP contribution is -2.00. The van der Waals surface area contributed by atoms with Gasteiger partial charge in [0.25, 0.3) is 0 Å². The Morgan fingerprint density at radius 3 is 1.42 bits per heavy atom. The van der Waals surface area contributed by atoms with Gasteiger partial charge in [-0.2, -0.15) is 0 Å². The third-order valence-corrected chi connectivity index (χ3v) is 8.72. The molecule has 4 nitrogen and oxygen atoms in total. The zero-order chi connectivity index (χ0) is 32.5. The lowest BCUT2D eigenvalue weighted by atomic mass is 9.94. The van der Waals surface area contributed by atoms with Gasteiger partial charge in [0, 0.05) is 33.8 Å². The Hall–Kier alpha value is -6.26. The van der Waals surface area contributed by atoms with E-state index in [4.69, 9.17) is 19.9 Å². The van der Waals surface area contributed by atoms with Crippen LogP contribution in [0.15, 0.2) is 158 Å². The normalized spacial score (nSPS) is 11.1. The van der Waals surface area contributed by atoms with Gasteiger partial charge >= 0.3 is 0 Å². The maximum atomic E-state index is 5.07. The van der Waals surface area contributed by atoms with Gasteiger partial charge in [-0.3, -0.25) is 4.98 Å². The number of fused-ring (bicyclic) bond motifs is 1. The lowest BCUT2D eigenvalue weighted by molar-refractivity contribution is 1.07. The number of rotatable bonds is 6. The first-order valence-corrected chi connectivity index (χ1v) is 16.1. The molecule has 2 aromatic heterocycles. The molecule has 0 atom stereocenters. The first-order valence-electron chi connectivity index (χ1n) is 16.1. The molecule has 0 aliphatic rings. The summed E-state index contributed by atoms with van der Waals surface area (Å²) in [4.78, 5) is 19.8. The van der Waals surface area contributed by atoms with Crippen molar-refractivity contribution in [2.75, 3.05) is 0 Å². The molecule has 0 bridgehead atoms. The van der Waals surface area contributed by atoms with Crippen molar-refractivity contribution in [3.05, 3.63) is 169 Å². The van der Waals surface area contributed by atoms with Crippen LogP contribution in [0.4, 0.5) is 0 Å². The van der Waals surface area contributed by atoms with Crippen LogP contribution in [0.1, 0.15) is 11.1 Å². The van der Waals surface area contributed by atoms with E-state index >= 15 is 0 Å². The number of pyridine rings is 1. The molecule has 0 amide bonds.